The van der Waals surface area contributed by atoms with Gasteiger partial charge in [0.25, 0.3) is 0 Å². The van der Waals surface area contributed by atoms with Crippen LogP contribution in [-0.2, 0) is 16.0 Å². The molecule has 0 radical (unpaired) electrons. The molecule has 0 unspecified atom stereocenters. The van der Waals surface area contributed by atoms with Gasteiger partial charge in [-0.2, -0.15) is 0 Å². The maximum atomic E-state index is 5.39. The van der Waals surface area contributed by atoms with Crippen molar-refractivity contribution in [1.29, 1.82) is 0 Å². The van der Waals surface area contributed by atoms with E-state index >= 15 is 0 Å². The first-order valence-corrected chi connectivity index (χ1v) is 6.66. The van der Waals surface area contributed by atoms with Crippen molar-refractivity contribution in [3.8, 4) is 0 Å². The molecule has 1 N–H and O–H groups in total. The van der Waals surface area contributed by atoms with Crippen LogP contribution in [0.2, 0.25) is 0 Å². The average molecular weight is 255 g/mol. The first kappa shape index (κ1) is 15.1. The largest absolute Gasteiger partial charge is 0.382 e. The molecule has 1 heterocycles. The minimum absolute atomic E-state index is 0.687. The molecule has 104 valence electrons. The fraction of sp³-hybridized carbons (Fsp3) is 0.769. The van der Waals surface area contributed by atoms with Crippen molar-refractivity contribution < 1.29 is 9.47 Å². The Hall–Kier alpha value is -0.910. The Labute approximate surface area is 109 Å². The number of nitrogens with zero attached hydrogens (tertiary/aromatic N) is 2. The summed E-state index contributed by atoms with van der Waals surface area (Å²) in [4.78, 5) is 4.01. The smallest absolute Gasteiger partial charge is 0.0945 e. The number of hydrogen-bond acceptors (Lipinski definition) is 4. The Balaban J connectivity index is 1.73. The van der Waals surface area contributed by atoms with Crippen LogP contribution in [0.1, 0.15) is 19.3 Å². The number of nitrogens with one attached hydrogen (secondary N) is 1. The van der Waals surface area contributed by atoms with Crippen LogP contribution in [0.15, 0.2) is 18.7 Å². The first-order chi connectivity index (χ1) is 8.93. The molecule has 0 bridgehead atoms. The van der Waals surface area contributed by atoms with Crippen molar-refractivity contribution in [2.75, 3.05) is 40.0 Å². The fourth-order valence-electron chi connectivity index (χ4n) is 1.63. The lowest BCUT2D eigenvalue weighted by Gasteiger charge is -2.06. The number of rotatable bonds is 12. The third-order valence-corrected chi connectivity index (χ3v) is 2.65. The lowest BCUT2D eigenvalue weighted by molar-refractivity contribution is 0.0688. The lowest BCUT2D eigenvalue weighted by Crippen LogP contribution is -2.18. The molecule has 5 nitrogen and oxygen atoms in total. The highest BCUT2D eigenvalue weighted by molar-refractivity contribution is 4.73. The third-order valence-electron chi connectivity index (χ3n) is 2.65. The van der Waals surface area contributed by atoms with Gasteiger partial charge in [-0.15, -0.1) is 0 Å². The summed E-state index contributed by atoms with van der Waals surface area (Å²) in [7, 11) is 1.69. The molecule has 18 heavy (non-hydrogen) atoms. The van der Waals surface area contributed by atoms with Crippen LogP contribution in [-0.4, -0.2) is 49.6 Å². The molecule has 0 aliphatic carbocycles. The van der Waals surface area contributed by atoms with E-state index in [2.05, 4.69) is 14.9 Å². The van der Waals surface area contributed by atoms with Crippen LogP contribution >= 0.6 is 0 Å². The Morgan fingerprint density at radius 2 is 2.00 bits per heavy atom. The van der Waals surface area contributed by atoms with E-state index in [1.54, 1.807) is 7.11 Å². The van der Waals surface area contributed by atoms with Gasteiger partial charge in [0.1, 0.15) is 0 Å². The molecular formula is C13H25N3O2. The SMILES string of the molecule is COCCOCCCCNCCCn1ccnc1. The summed E-state index contributed by atoms with van der Waals surface area (Å²) in [6.45, 7) is 5.38. The van der Waals surface area contributed by atoms with Gasteiger partial charge in [0.15, 0.2) is 0 Å². The molecule has 1 aromatic heterocycles. The average Bonchev–Trinajstić information content (AvgIpc) is 2.89. The Kier molecular flexibility index (Phi) is 9.42. The molecule has 5 heteroatoms. The van der Waals surface area contributed by atoms with E-state index < -0.39 is 0 Å². The Morgan fingerprint density at radius 3 is 2.78 bits per heavy atom. The topological polar surface area (TPSA) is 48.3 Å². The molecule has 0 fully saturated rings. The summed E-state index contributed by atoms with van der Waals surface area (Å²) in [5.41, 5.74) is 0. The van der Waals surface area contributed by atoms with Crippen LogP contribution in [0.25, 0.3) is 0 Å². The van der Waals surface area contributed by atoms with Crippen LogP contribution in [0.4, 0.5) is 0 Å². The van der Waals surface area contributed by atoms with E-state index in [4.69, 9.17) is 9.47 Å². The molecule has 0 aliphatic heterocycles. The van der Waals surface area contributed by atoms with Crippen molar-refractivity contribution in [2.45, 2.75) is 25.8 Å². The summed E-state index contributed by atoms with van der Waals surface area (Å²) in [5, 5.41) is 3.44. The summed E-state index contributed by atoms with van der Waals surface area (Å²) < 4.78 is 12.4. The van der Waals surface area contributed by atoms with Crippen LogP contribution in [0.3, 0.4) is 0 Å². The number of aromatic nitrogens is 2. The molecular weight excluding hydrogens is 230 g/mol. The molecule has 0 amide bonds. The number of ether oxygens (including phenoxy) is 2. The van der Waals surface area contributed by atoms with E-state index in [9.17, 15) is 0 Å². The normalized spacial score (nSPS) is 10.9. The van der Waals surface area contributed by atoms with Gasteiger partial charge in [-0.3, -0.25) is 0 Å². The van der Waals surface area contributed by atoms with Gasteiger partial charge in [0.05, 0.1) is 19.5 Å². The van der Waals surface area contributed by atoms with E-state index in [1.165, 1.54) is 0 Å². The summed E-state index contributed by atoms with van der Waals surface area (Å²) in [6.07, 6.45) is 9.09. The van der Waals surface area contributed by atoms with Gasteiger partial charge in [0, 0.05) is 32.7 Å². The number of hydrogen-bond donors (Lipinski definition) is 1. The van der Waals surface area contributed by atoms with Gasteiger partial charge in [-0.05, 0) is 32.4 Å². The van der Waals surface area contributed by atoms with Crippen molar-refractivity contribution in [1.82, 2.24) is 14.9 Å². The highest BCUT2D eigenvalue weighted by Crippen LogP contribution is 1.91. The van der Waals surface area contributed by atoms with Crippen LogP contribution in [0.5, 0.6) is 0 Å². The lowest BCUT2D eigenvalue weighted by atomic mass is 10.3. The van der Waals surface area contributed by atoms with Crippen molar-refractivity contribution in [3.05, 3.63) is 18.7 Å². The third kappa shape index (κ3) is 8.22. The second kappa shape index (κ2) is 11.2. The van der Waals surface area contributed by atoms with Crippen molar-refractivity contribution in [2.24, 2.45) is 0 Å². The van der Waals surface area contributed by atoms with Crippen LogP contribution in [0, 0.1) is 0 Å². The number of methoxy groups -OCH3 is 1. The monoisotopic (exact) mass is 255 g/mol. The maximum Gasteiger partial charge on any atom is 0.0945 e. The fourth-order valence-corrected chi connectivity index (χ4v) is 1.63. The van der Waals surface area contributed by atoms with E-state index in [0.29, 0.717) is 13.2 Å². The van der Waals surface area contributed by atoms with E-state index in [0.717, 1.165) is 45.5 Å². The molecule has 0 aromatic carbocycles. The van der Waals surface area contributed by atoms with Crippen molar-refractivity contribution >= 4 is 0 Å². The predicted octanol–water partition coefficient (Wildman–Crippen LogP) is 1.31. The van der Waals surface area contributed by atoms with Crippen molar-refractivity contribution in [3.63, 3.8) is 0 Å². The zero-order valence-electron chi connectivity index (χ0n) is 11.3. The van der Waals surface area contributed by atoms with Crippen LogP contribution < -0.4 is 5.32 Å². The highest BCUT2D eigenvalue weighted by atomic mass is 16.5. The Bertz CT molecular complexity index is 265. The Morgan fingerprint density at radius 1 is 1.11 bits per heavy atom. The molecule has 0 saturated carbocycles. The van der Waals surface area contributed by atoms with Gasteiger partial charge in [-0.1, -0.05) is 0 Å². The number of aryl methyl sites for hydroxylation is 1. The minimum Gasteiger partial charge on any atom is -0.382 e. The van der Waals surface area contributed by atoms with Gasteiger partial charge >= 0.3 is 0 Å². The number of unbranched alkanes of at least 4 members (excludes halogenated alkanes) is 1. The standard InChI is InChI=1S/C13H25N3O2/c1-17-11-12-18-10-3-2-5-14-6-4-8-16-9-7-15-13-16/h7,9,13-14H,2-6,8,10-12H2,1H3. The molecule has 0 saturated heterocycles. The second-order valence-electron chi connectivity index (χ2n) is 4.22. The van der Waals surface area contributed by atoms with Gasteiger partial charge in [-0.25, -0.2) is 4.98 Å². The van der Waals surface area contributed by atoms with Gasteiger partial charge < -0.3 is 19.4 Å². The number of imidazole rings is 1. The second-order valence-corrected chi connectivity index (χ2v) is 4.22. The first-order valence-electron chi connectivity index (χ1n) is 6.66. The molecule has 0 spiro atoms. The molecule has 0 aliphatic rings. The molecule has 1 aromatic rings. The van der Waals surface area contributed by atoms with E-state index in [1.807, 2.05) is 18.7 Å². The molecule has 1 rings (SSSR count). The zero-order valence-corrected chi connectivity index (χ0v) is 11.3. The quantitative estimate of drug-likeness (QED) is 0.572. The molecule has 0 atom stereocenters. The minimum atomic E-state index is 0.687. The highest BCUT2D eigenvalue weighted by Gasteiger charge is 1.92. The summed E-state index contributed by atoms with van der Waals surface area (Å²) >= 11 is 0. The summed E-state index contributed by atoms with van der Waals surface area (Å²) in [6, 6.07) is 0. The van der Waals surface area contributed by atoms with Gasteiger partial charge in [0.2, 0.25) is 0 Å². The maximum absolute atomic E-state index is 5.39. The van der Waals surface area contributed by atoms with E-state index in [-0.39, 0.29) is 0 Å². The summed E-state index contributed by atoms with van der Waals surface area (Å²) in [5.74, 6) is 0. The predicted molar refractivity (Wildman–Crippen MR) is 71.6 cm³/mol. The zero-order chi connectivity index (χ0) is 12.9.